The van der Waals surface area contributed by atoms with Gasteiger partial charge in [-0.25, -0.2) is 28.4 Å². The Bertz CT molecular complexity index is 1860. The van der Waals surface area contributed by atoms with Gasteiger partial charge in [0.05, 0.1) is 21.4 Å². The van der Waals surface area contributed by atoms with Crippen molar-refractivity contribution in [2.24, 2.45) is 0 Å². The number of nitrogens with zero attached hydrogens (tertiary/aromatic N) is 6. The van der Waals surface area contributed by atoms with Crippen molar-refractivity contribution in [2.45, 2.75) is 0 Å². The number of benzene rings is 2. The Morgan fingerprint density at radius 3 is 2.76 bits per heavy atom. The molecular weight excluding hydrogens is 508 g/mol. The maximum atomic E-state index is 14.6. The summed E-state index contributed by atoms with van der Waals surface area (Å²) in [6.45, 7) is 0. The Labute approximate surface area is 208 Å². The van der Waals surface area contributed by atoms with Gasteiger partial charge in [-0.3, -0.25) is 14.9 Å². The molecule has 4 aromatic heterocycles. The van der Waals surface area contributed by atoms with Gasteiger partial charge >= 0.3 is 5.00 Å². The van der Waals surface area contributed by atoms with Crippen molar-refractivity contribution in [1.29, 1.82) is 0 Å². The topological polar surface area (TPSA) is 142 Å². The SMILES string of the molecule is O=C(Nc1nc(-c2ccc3ocnc3c2)nc2c1cnn2-c1ccc(F)cc1F)c1ccc([N+](=O)[O-])s1. The second kappa shape index (κ2) is 8.53. The van der Waals surface area contributed by atoms with Crippen LogP contribution in [0.3, 0.4) is 0 Å². The highest BCUT2D eigenvalue weighted by Crippen LogP contribution is 2.30. The van der Waals surface area contributed by atoms with Crippen molar-refractivity contribution in [2.75, 3.05) is 5.32 Å². The number of nitro groups is 1. The first-order chi connectivity index (χ1) is 17.9. The van der Waals surface area contributed by atoms with Crippen molar-refractivity contribution in [1.82, 2.24) is 24.7 Å². The van der Waals surface area contributed by atoms with Gasteiger partial charge in [0.25, 0.3) is 5.91 Å². The molecule has 0 bridgehead atoms. The van der Waals surface area contributed by atoms with Gasteiger partial charge in [-0.2, -0.15) is 5.10 Å². The molecule has 182 valence electrons. The van der Waals surface area contributed by atoms with Crippen LogP contribution in [0.1, 0.15) is 9.67 Å². The van der Waals surface area contributed by atoms with E-state index in [-0.39, 0.29) is 38.2 Å². The smallest absolute Gasteiger partial charge is 0.324 e. The summed E-state index contributed by atoms with van der Waals surface area (Å²) < 4.78 is 34.6. The predicted molar refractivity (Wildman–Crippen MR) is 129 cm³/mol. The molecule has 0 aliphatic heterocycles. The Balaban J connectivity index is 1.51. The van der Waals surface area contributed by atoms with Gasteiger partial charge in [0, 0.05) is 17.7 Å². The fourth-order valence-corrected chi connectivity index (χ4v) is 4.39. The van der Waals surface area contributed by atoms with Crippen LogP contribution in [0.2, 0.25) is 0 Å². The van der Waals surface area contributed by atoms with Gasteiger partial charge in [-0.15, -0.1) is 0 Å². The summed E-state index contributed by atoms with van der Waals surface area (Å²) in [5, 5.41) is 17.9. The largest absolute Gasteiger partial charge is 0.443 e. The van der Waals surface area contributed by atoms with Crippen LogP contribution in [0.15, 0.2) is 65.5 Å². The van der Waals surface area contributed by atoms with Gasteiger partial charge < -0.3 is 9.73 Å². The number of carbonyl (C=O) groups is 1. The average Bonchev–Trinajstić information content (AvgIpc) is 3.63. The van der Waals surface area contributed by atoms with E-state index in [0.29, 0.717) is 28.0 Å². The number of hydrogen-bond donors (Lipinski definition) is 1. The van der Waals surface area contributed by atoms with Crippen LogP contribution in [0.4, 0.5) is 19.6 Å². The highest BCUT2D eigenvalue weighted by atomic mass is 32.1. The third-order valence-corrected chi connectivity index (χ3v) is 6.42. The van der Waals surface area contributed by atoms with E-state index in [0.717, 1.165) is 16.8 Å². The molecule has 0 saturated heterocycles. The molecule has 0 aliphatic rings. The lowest BCUT2D eigenvalue weighted by Gasteiger charge is -2.09. The molecule has 0 spiro atoms. The molecule has 6 rings (SSSR count). The van der Waals surface area contributed by atoms with Crippen molar-refractivity contribution < 1.29 is 22.9 Å². The highest BCUT2D eigenvalue weighted by molar-refractivity contribution is 7.17. The lowest BCUT2D eigenvalue weighted by Crippen LogP contribution is -2.13. The summed E-state index contributed by atoms with van der Waals surface area (Å²) in [6, 6.07) is 10.6. The number of nitrogens with one attached hydrogen (secondary N) is 1. The molecule has 0 fully saturated rings. The van der Waals surface area contributed by atoms with Crippen molar-refractivity contribution in [3.63, 3.8) is 0 Å². The minimum atomic E-state index is -0.870. The van der Waals surface area contributed by atoms with E-state index in [9.17, 15) is 23.7 Å². The number of thiophene rings is 1. The molecule has 1 N–H and O–H groups in total. The number of anilines is 1. The second-order valence-corrected chi connectivity index (χ2v) is 8.73. The van der Waals surface area contributed by atoms with Gasteiger partial charge in [-0.1, -0.05) is 11.3 Å². The molecule has 6 aromatic rings. The molecule has 4 heterocycles. The van der Waals surface area contributed by atoms with E-state index in [2.05, 4.69) is 25.4 Å². The maximum absolute atomic E-state index is 14.6. The lowest BCUT2D eigenvalue weighted by molar-refractivity contribution is -0.380. The summed E-state index contributed by atoms with van der Waals surface area (Å²) in [5.41, 5.74) is 1.65. The quantitative estimate of drug-likeness (QED) is 0.244. The Hall–Kier alpha value is -5.11. The molecule has 0 aliphatic carbocycles. The van der Waals surface area contributed by atoms with Crippen LogP contribution < -0.4 is 5.32 Å². The molecule has 0 saturated carbocycles. The number of hydrogen-bond acceptors (Lipinski definition) is 9. The van der Waals surface area contributed by atoms with Gasteiger partial charge in [0.1, 0.15) is 22.8 Å². The number of carbonyl (C=O) groups excluding carboxylic acids is 1. The maximum Gasteiger partial charge on any atom is 0.324 e. The number of amides is 1. The minimum Gasteiger partial charge on any atom is -0.443 e. The molecule has 2 aromatic carbocycles. The van der Waals surface area contributed by atoms with Gasteiger partial charge in [0.15, 0.2) is 29.3 Å². The van der Waals surface area contributed by atoms with E-state index in [1.54, 1.807) is 18.2 Å². The zero-order valence-corrected chi connectivity index (χ0v) is 19.1. The lowest BCUT2D eigenvalue weighted by atomic mass is 10.2. The average molecular weight is 519 g/mol. The van der Waals surface area contributed by atoms with Crippen LogP contribution >= 0.6 is 11.3 Å². The van der Waals surface area contributed by atoms with E-state index in [1.807, 2.05) is 0 Å². The number of oxazole rings is 1. The summed E-state index contributed by atoms with van der Waals surface area (Å²) in [6.07, 6.45) is 2.62. The van der Waals surface area contributed by atoms with Crippen LogP contribution in [0, 0.1) is 21.7 Å². The first-order valence-corrected chi connectivity index (χ1v) is 11.3. The van der Waals surface area contributed by atoms with Crippen molar-refractivity contribution >= 4 is 50.2 Å². The van der Waals surface area contributed by atoms with Crippen LogP contribution in [0.25, 0.3) is 39.2 Å². The normalized spacial score (nSPS) is 11.3. The number of halogens is 2. The molecule has 11 nitrogen and oxygen atoms in total. The van der Waals surface area contributed by atoms with E-state index >= 15 is 0 Å². The summed E-state index contributed by atoms with van der Waals surface area (Å²) in [5.74, 6) is -2.08. The minimum absolute atomic E-state index is 0.0371. The number of aromatic nitrogens is 5. The Morgan fingerprint density at radius 2 is 1.97 bits per heavy atom. The summed E-state index contributed by atoms with van der Waals surface area (Å²) >= 11 is 0.703. The number of fused-ring (bicyclic) bond motifs is 2. The molecule has 1 amide bonds. The van der Waals surface area contributed by atoms with Crippen molar-refractivity contribution in [3.8, 4) is 17.1 Å². The third-order valence-electron chi connectivity index (χ3n) is 5.38. The van der Waals surface area contributed by atoms with Crippen molar-refractivity contribution in [3.05, 3.63) is 87.7 Å². The van der Waals surface area contributed by atoms with E-state index in [1.165, 1.54) is 30.8 Å². The summed E-state index contributed by atoms with van der Waals surface area (Å²) in [4.78, 5) is 36.6. The highest BCUT2D eigenvalue weighted by Gasteiger charge is 2.21. The van der Waals surface area contributed by atoms with Crippen LogP contribution in [0.5, 0.6) is 0 Å². The zero-order valence-electron chi connectivity index (χ0n) is 18.3. The van der Waals surface area contributed by atoms with Gasteiger partial charge in [-0.05, 0) is 36.4 Å². The zero-order chi connectivity index (χ0) is 25.7. The fourth-order valence-electron chi connectivity index (χ4n) is 3.68. The first kappa shape index (κ1) is 22.4. The second-order valence-electron chi connectivity index (χ2n) is 7.67. The fraction of sp³-hybridized carbons (Fsp3) is 0. The van der Waals surface area contributed by atoms with Crippen LogP contribution in [-0.4, -0.2) is 35.6 Å². The first-order valence-electron chi connectivity index (χ1n) is 10.5. The van der Waals surface area contributed by atoms with E-state index in [4.69, 9.17) is 4.42 Å². The monoisotopic (exact) mass is 519 g/mol. The van der Waals surface area contributed by atoms with Crippen LogP contribution in [-0.2, 0) is 0 Å². The van der Waals surface area contributed by atoms with E-state index < -0.39 is 22.5 Å². The number of rotatable bonds is 5. The standard InChI is InChI=1S/C23H11F2N7O4S/c24-12-2-3-16(14(25)8-12)31-22-13(9-27-31)21(30-23(33)18-5-6-19(37-18)32(34)35)28-20(29-22)11-1-4-17-15(7-11)26-10-36-17/h1-10H,(H,28,29,30,33). The molecule has 37 heavy (non-hydrogen) atoms. The molecule has 0 unspecified atom stereocenters. The Kier molecular flexibility index (Phi) is 5.15. The summed E-state index contributed by atoms with van der Waals surface area (Å²) in [7, 11) is 0. The molecular formula is C23H11F2N7O4S. The van der Waals surface area contributed by atoms with Gasteiger partial charge in [0.2, 0.25) is 0 Å². The predicted octanol–water partition coefficient (Wildman–Crippen LogP) is 5.12. The molecule has 0 radical (unpaired) electrons. The Morgan fingerprint density at radius 1 is 1.11 bits per heavy atom. The third kappa shape index (κ3) is 3.94. The molecule has 14 heteroatoms. The molecule has 0 atom stereocenters.